The second kappa shape index (κ2) is 7.12. The highest BCUT2D eigenvalue weighted by molar-refractivity contribution is 5.19. The van der Waals surface area contributed by atoms with Crippen molar-refractivity contribution in [2.45, 2.75) is 25.9 Å². The molecule has 0 radical (unpaired) electrons. The van der Waals surface area contributed by atoms with E-state index in [1.54, 1.807) is 6.20 Å². The molecule has 1 unspecified atom stereocenters. The Morgan fingerprint density at radius 2 is 1.90 bits per heavy atom. The smallest absolute Gasteiger partial charge is 0.0727 e. The molecule has 1 aromatic carbocycles. The molecule has 0 aliphatic carbocycles. The molecule has 0 saturated heterocycles. The van der Waals surface area contributed by atoms with Crippen molar-refractivity contribution in [3.8, 4) is 0 Å². The molecule has 1 aromatic heterocycles. The summed E-state index contributed by atoms with van der Waals surface area (Å²) in [6.45, 7) is 2.81. The Labute approximate surface area is 120 Å². The number of aliphatic hydroxyl groups excluding tert-OH is 1. The molecule has 2 aromatic rings. The van der Waals surface area contributed by atoms with Crippen molar-refractivity contribution >= 4 is 0 Å². The fourth-order valence-corrected chi connectivity index (χ4v) is 2.31. The topological polar surface area (TPSA) is 49.2 Å². The largest absolute Gasteiger partial charge is 0.396 e. The normalized spacial score (nSPS) is 12.6. The van der Waals surface area contributed by atoms with Crippen LogP contribution in [0.1, 0.15) is 29.4 Å². The lowest BCUT2D eigenvalue weighted by molar-refractivity contribution is 0.178. The van der Waals surface area contributed by atoms with Gasteiger partial charge in [-0.25, -0.2) is 0 Å². The van der Waals surface area contributed by atoms with Crippen molar-refractivity contribution in [2.24, 2.45) is 0 Å². The Bertz CT molecular complexity index is 513. The Kier molecular flexibility index (Phi) is 5.21. The third-order valence-electron chi connectivity index (χ3n) is 3.36. The molecule has 106 valence electrons. The zero-order chi connectivity index (χ0) is 14.4. The summed E-state index contributed by atoms with van der Waals surface area (Å²) < 4.78 is 0. The van der Waals surface area contributed by atoms with Crippen molar-refractivity contribution < 1.29 is 5.11 Å². The van der Waals surface area contributed by atoms with Crippen molar-refractivity contribution in [3.63, 3.8) is 0 Å². The molecule has 0 fully saturated rings. The Hall–Kier alpha value is -1.78. The van der Waals surface area contributed by atoms with Gasteiger partial charge in [0.05, 0.1) is 11.4 Å². The summed E-state index contributed by atoms with van der Waals surface area (Å²) in [7, 11) is 2.05. The lowest BCUT2D eigenvalue weighted by atomic mass is 10.0. The van der Waals surface area contributed by atoms with Gasteiger partial charge >= 0.3 is 0 Å². The van der Waals surface area contributed by atoms with Crippen molar-refractivity contribution in [2.75, 3.05) is 13.7 Å². The molecular weight excluding hydrogens is 250 g/mol. The Morgan fingerprint density at radius 3 is 2.50 bits per heavy atom. The molecule has 20 heavy (non-hydrogen) atoms. The van der Waals surface area contributed by atoms with Crippen LogP contribution in [0.3, 0.4) is 0 Å². The van der Waals surface area contributed by atoms with Gasteiger partial charge in [-0.05, 0) is 26.0 Å². The van der Waals surface area contributed by atoms with Gasteiger partial charge in [0, 0.05) is 31.6 Å². The summed E-state index contributed by atoms with van der Waals surface area (Å²) in [5.74, 6) is 0. The van der Waals surface area contributed by atoms with Crippen molar-refractivity contribution in [3.05, 3.63) is 59.7 Å². The highest BCUT2D eigenvalue weighted by Crippen LogP contribution is 2.23. The maximum absolute atomic E-state index is 9.29. The minimum Gasteiger partial charge on any atom is -0.396 e. The highest BCUT2D eigenvalue weighted by atomic mass is 16.3. The number of nitrogens with zero attached hydrogens (tertiary/aromatic N) is 3. The van der Waals surface area contributed by atoms with Gasteiger partial charge < -0.3 is 5.11 Å². The molecule has 0 amide bonds. The lowest BCUT2D eigenvalue weighted by Crippen LogP contribution is -2.25. The van der Waals surface area contributed by atoms with E-state index in [4.69, 9.17) is 0 Å². The van der Waals surface area contributed by atoms with Gasteiger partial charge in [-0.2, -0.15) is 0 Å². The van der Waals surface area contributed by atoms with Crippen LogP contribution in [0.5, 0.6) is 0 Å². The molecule has 0 saturated carbocycles. The predicted octanol–water partition coefficient (Wildman–Crippen LogP) is 2.34. The molecule has 0 bridgehead atoms. The molecule has 2 rings (SSSR count). The second-order valence-corrected chi connectivity index (χ2v) is 5.00. The summed E-state index contributed by atoms with van der Waals surface area (Å²) in [4.78, 5) is 10.9. The fourth-order valence-electron chi connectivity index (χ4n) is 2.31. The second-order valence-electron chi connectivity index (χ2n) is 5.00. The molecule has 0 aliphatic heterocycles. The van der Waals surface area contributed by atoms with Crippen LogP contribution in [-0.4, -0.2) is 33.6 Å². The highest BCUT2D eigenvalue weighted by Gasteiger charge is 2.17. The number of hydrogen-bond acceptors (Lipinski definition) is 4. The van der Waals surface area contributed by atoms with Crippen LogP contribution < -0.4 is 0 Å². The van der Waals surface area contributed by atoms with E-state index in [-0.39, 0.29) is 12.6 Å². The molecule has 4 heteroatoms. The molecule has 1 N–H and O–H groups in total. The van der Waals surface area contributed by atoms with Crippen LogP contribution in [0, 0.1) is 6.92 Å². The summed E-state index contributed by atoms with van der Waals surface area (Å²) in [5.41, 5.74) is 3.08. The van der Waals surface area contributed by atoms with Gasteiger partial charge in [-0.3, -0.25) is 14.9 Å². The Balaban J connectivity index is 2.11. The van der Waals surface area contributed by atoms with E-state index in [1.165, 1.54) is 5.56 Å². The maximum Gasteiger partial charge on any atom is 0.0727 e. The maximum atomic E-state index is 9.29. The molecule has 1 atom stereocenters. The van der Waals surface area contributed by atoms with Crippen LogP contribution in [0.4, 0.5) is 0 Å². The minimum absolute atomic E-state index is 0.170. The van der Waals surface area contributed by atoms with Crippen LogP contribution in [0.15, 0.2) is 42.7 Å². The van der Waals surface area contributed by atoms with Gasteiger partial charge in [0.1, 0.15) is 0 Å². The van der Waals surface area contributed by atoms with Gasteiger partial charge in [0.25, 0.3) is 0 Å². The van der Waals surface area contributed by atoms with Gasteiger partial charge in [0.2, 0.25) is 0 Å². The van der Waals surface area contributed by atoms with Crippen LogP contribution >= 0.6 is 0 Å². The van der Waals surface area contributed by atoms with Gasteiger partial charge in [-0.1, -0.05) is 30.3 Å². The number of hydrogen-bond donors (Lipinski definition) is 1. The third-order valence-corrected chi connectivity index (χ3v) is 3.36. The summed E-state index contributed by atoms with van der Waals surface area (Å²) in [5, 5.41) is 9.29. The third kappa shape index (κ3) is 3.85. The first kappa shape index (κ1) is 14.6. The predicted molar refractivity (Wildman–Crippen MR) is 79.1 cm³/mol. The quantitative estimate of drug-likeness (QED) is 0.876. The first-order chi connectivity index (χ1) is 9.70. The van der Waals surface area contributed by atoms with E-state index in [2.05, 4.69) is 34.0 Å². The van der Waals surface area contributed by atoms with Crippen molar-refractivity contribution in [1.29, 1.82) is 0 Å². The van der Waals surface area contributed by atoms with E-state index >= 15 is 0 Å². The molecule has 0 spiro atoms. The average molecular weight is 271 g/mol. The number of aromatic nitrogens is 2. The SMILES string of the molecule is Cc1cnc(CN(C)C(CCO)c2ccccc2)cn1. The molecule has 1 heterocycles. The molecule has 4 nitrogen and oxygen atoms in total. The van der Waals surface area contributed by atoms with E-state index in [0.717, 1.165) is 11.4 Å². The number of aryl methyl sites for hydroxylation is 1. The first-order valence-electron chi connectivity index (χ1n) is 6.84. The zero-order valence-electron chi connectivity index (χ0n) is 12.0. The van der Waals surface area contributed by atoms with E-state index in [9.17, 15) is 5.11 Å². The number of benzene rings is 1. The van der Waals surface area contributed by atoms with E-state index in [1.807, 2.05) is 31.3 Å². The summed E-state index contributed by atoms with van der Waals surface area (Å²) in [6, 6.07) is 10.4. The standard InChI is InChI=1S/C16H21N3O/c1-13-10-18-15(11-17-13)12-19(2)16(8-9-20)14-6-4-3-5-7-14/h3-7,10-11,16,20H,8-9,12H2,1-2H3. The number of aliphatic hydroxyl groups is 1. The first-order valence-corrected chi connectivity index (χ1v) is 6.84. The van der Waals surface area contributed by atoms with E-state index < -0.39 is 0 Å². The van der Waals surface area contributed by atoms with Gasteiger partial charge in [0.15, 0.2) is 0 Å². The molecule has 0 aliphatic rings. The lowest BCUT2D eigenvalue weighted by Gasteiger charge is -2.27. The molecular formula is C16H21N3O. The van der Waals surface area contributed by atoms with Crippen molar-refractivity contribution in [1.82, 2.24) is 14.9 Å². The summed E-state index contributed by atoms with van der Waals surface area (Å²) in [6.07, 6.45) is 4.30. The van der Waals surface area contributed by atoms with Crippen LogP contribution in [0.25, 0.3) is 0 Å². The Morgan fingerprint density at radius 1 is 1.15 bits per heavy atom. The van der Waals surface area contributed by atoms with Crippen LogP contribution in [-0.2, 0) is 6.54 Å². The number of rotatable bonds is 6. The average Bonchev–Trinajstić information content (AvgIpc) is 2.48. The van der Waals surface area contributed by atoms with E-state index in [0.29, 0.717) is 13.0 Å². The summed E-state index contributed by atoms with van der Waals surface area (Å²) >= 11 is 0. The monoisotopic (exact) mass is 271 g/mol. The fraction of sp³-hybridized carbons (Fsp3) is 0.375. The van der Waals surface area contributed by atoms with Crippen LogP contribution in [0.2, 0.25) is 0 Å². The zero-order valence-corrected chi connectivity index (χ0v) is 12.0. The van der Waals surface area contributed by atoms with Gasteiger partial charge in [-0.15, -0.1) is 0 Å². The minimum atomic E-state index is 0.170.